The van der Waals surface area contributed by atoms with Crippen LogP contribution in [0.3, 0.4) is 0 Å². The first-order valence-electron chi connectivity index (χ1n) is 7.79. The lowest BCUT2D eigenvalue weighted by atomic mass is 9.78. The highest BCUT2D eigenvalue weighted by Gasteiger charge is 2.38. The molecule has 3 fully saturated rings. The van der Waals surface area contributed by atoms with E-state index < -0.39 is 0 Å². The van der Waals surface area contributed by atoms with E-state index in [9.17, 15) is 0 Å². The van der Waals surface area contributed by atoms with Gasteiger partial charge in [0.1, 0.15) is 0 Å². The molecule has 2 saturated heterocycles. The van der Waals surface area contributed by atoms with Crippen molar-refractivity contribution in [3.05, 3.63) is 0 Å². The molecule has 1 N–H and O–H groups in total. The van der Waals surface area contributed by atoms with Crippen molar-refractivity contribution in [1.29, 1.82) is 0 Å². The normalized spacial score (nSPS) is 36.7. The summed E-state index contributed by atoms with van der Waals surface area (Å²) in [6.07, 6.45) is 11.8. The van der Waals surface area contributed by atoms with E-state index in [1.165, 1.54) is 84.1 Å². The van der Waals surface area contributed by atoms with Crippen LogP contribution in [0.25, 0.3) is 0 Å². The van der Waals surface area contributed by atoms with E-state index >= 15 is 0 Å². The van der Waals surface area contributed by atoms with Crippen LogP contribution >= 0.6 is 0 Å². The van der Waals surface area contributed by atoms with Crippen LogP contribution in [-0.2, 0) is 0 Å². The molecule has 2 nitrogen and oxygen atoms in total. The van der Waals surface area contributed by atoms with Gasteiger partial charge in [-0.25, -0.2) is 0 Å². The minimum Gasteiger partial charge on any atom is -0.316 e. The Morgan fingerprint density at radius 1 is 1.06 bits per heavy atom. The van der Waals surface area contributed by atoms with Crippen LogP contribution < -0.4 is 5.32 Å². The molecule has 2 aliphatic heterocycles. The van der Waals surface area contributed by atoms with Crippen LogP contribution in [0, 0.1) is 11.3 Å². The summed E-state index contributed by atoms with van der Waals surface area (Å²) >= 11 is 0. The van der Waals surface area contributed by atoms with Crippen LogP contribution in [0.2, 0.25) is 0 Å². The highest BCUT2D eigenvalue weighted by molar-refractivity contribution is 4.93. The molecule has 0 radical (unpaired) electrons. The Morgan fingerprint density at radius 3 is 2.71 bits per heavy atom. The molecule has 1 spiro atoms. The molecule has 0 aromatic rings. The summed E-state index contributed by atoms with van der Waals surface area (Å²) in [5, 5.41) is 3.58. The van der Waals surface area contributed by atoms with Crippen molar-refractivity contribution in [3.63, 3.8) is 0 Å². The van der Waals surface area contributed by atoms with Gasteiger partial charge in [0.15, 0.2) is 0 Å². The van der Waals surface area contributed by atoms with Crippen molar-refractivity contribution in [2.75, 3.05) is 32.7 Å². The van der Waals surface area contributed by atoms with E-state index in [1.54, 1.807) is 0 Å². The zero-order chi connectivity index (χ0) is 11.6. The van der Waals surface area contributed by atoms with Crippen LogP contribution in [-0.4, -0.2) is 37.6 Å². The number of hydrogen-bond donors (Lipinski definition) is 1. The van der Waals surface area contributed by atoms with Gasteiger partial charge in [-0.05, 0) is 56.5 Å². The van der Waals surface area contributed by atoms with Gasteiger partial charge in [-0.15, -0.1) is 0 Å². The fourth-order valence-electron chi connectivity index (χ4n) is 4.34. The molecule has 17 heavy (non-hydrogen) atoms. The molecule has 0 aromatic carbocycles. The lowest BCUT2D eigenvalue weighted by Gasteiger charge is -2.41. The minimum absolute atomic E-state index is 0.660. The van der Waals surface area contributed by atoms with E-state index in [-0.39, 0.29) is 0 Å². The average Bonchev–Trinajstić information content (AvgIpc) is 2.79. The first-order valence-corrected chi connectivity index (χ1v) is 7.79. The third kappa shape index (κ3) is 2.85. The summed E-state index contributed by atoms with van der Waals surface area (Å²) in [6.45, 7) is 6.71. The second-order valence-electron chi connectivity index (χ2n) is 6.77. The smallest absolute Gasteiger partial charge is 0.00507 e. The minimum atomic E-state index is 0.660. The molecule has 0 unspecified atom stereocenters. The van der Waals surface area contributed by atoms with Gasteiger partial charge in [0.25, 0.3) is 0 Å². The number of piperidine rings is 1. The van der Waals surface area contributed by atoms with Gasteiger partial charge >= 0.3 is 0 Å². The van der Waals surface area contributed by atoms with Gasteiger partial charge in [-0.3, -0.25) is 0 Å². The first-order chi connectivity index (χ1) is 8.36. The summed E-state index contributed by atoms with van der Waals surface area (Å²) in [6, 6.07) is 0. The Labute approximate surface area is 106 Å². The maximum Gasteiger partial charge on any atom is 0.00507 e. The Morgan fingerprint density at radius 2 is 1.94 bits per heavy atom. The molecule has 3 rings (SSSR count). The summed E-state index contributed by atoms with van der Waals surface area (Å²) < 4.78 is 0. The quantitative estimate of drug-likeness (QED) is 0.793. The SMILES string of the molecule is C1CCC(CN2CCC[C@]3(CCNC3)C2)CC1. The molecule has 2 heteroatoms. The van der Waals surface area contributed by atoms with Crippen molar-refractivity contribution < 1.29 is 0 Å². The zero-order valence-corrected chi connectivity index (χ0v) is 11.2. The Balaban J connectivity index is 1.52. The molecule has 2 heterocycles. The summed E-state index contributed by atoms with van der Waals surface area (Å²) in [7, 11) is 0. The van der Waals surface area contributed by atoms with Gasteiger partial charge in [0.2, 0.25) is 0 Å². The standard InChI is InChI=1S/C15H28N2/c1-2-5-14(6-3-1)11-17-10-4-7-15(13-17)8-9-16-12-15/h14,16H,1-13H2/t15-/m1/s1. The van der Waals surface area contributed by atoms with Gasteiger partial charge in [-0.2, -0.15) is 0 Å². The molecule has 1 saturated carbocycles. The lowest BCUT2D eigenvalue weighted by molar-refractivity contribution is 0.0827. The third-order valence-corrected chi connectivity index (χ3v) is 5.31. The molecule has 1 atom stereocenters. The van der Waals surface area contributed by atoms with Gasteiger partial charge in [0, 0.05) is 19.6 Å². The first kappa shape index (κ1) is 12.0. The van der Waals surface area contributed by atoms with E-state index in [4.69, 9.17) is 0 Å². The predicted octanol–water partition coefficient (Wildman–Crippen LogP) is 2.64. The highest BCUT2D eigenvalue weighted by Crippen LogP contribution is 2.36. The number of likely N-dealkylation sites (tertiary alicyclic amines) is 1. The second-order valence-corrected chi connectivity index (χ2v) is 6.77. The van der Waals surface area contributed by atoms with Crippen molar-refractivity contribution in [3.8, 4) is 0 Å². The van der Waals surface area contributed by atoms with Crippen LogP contribution in [0.1, 0.15) is 51.4 Å². The van der Waals surface area contributed by atoms with E-state index in [2.05, 4.69) is 10.2 Å². The molecule has 0 bridgehead atoms. The molecule has 0 amide bonds. The molecular weight excluding hydrogens is 208 g/mol. The van der Waals surface area contributed by atoms with E-state index in [0.717, 1.165) is 5.92 Å². The van der Waals surface area contributed by atoms with Crippen molar-refractivity contribution in [1.82, 2.24) is 10.2 Å². The van der Waals surface area contributed by atoms with Crippen LogP contribution in [0.4, 0.5) is 0 Å². The maximum absolute atomic E-state index is 3.58. The Kier molecular flexibility index (Phi) is 3.72. The number of rotatable bonds is 2. The monoisotopic (exact) mass is 236 g/mol. The lowest BCUT2D eigenvalue weighted by Crippen LogP contribution is -2.46. The number of nitrogens with one attached hydrogen (secondary N) is 1. The van der Waals surface area contributed by atoms with Crippen LogP contribution in [0.15, 0.2) is 0 Å². The largest absolute Gasteiger partial charge is 0.316 e. The summed E-state index contributed by atoms with van der Waals surface area (Å²) in [5.74, 6) is 1.02. The molecular formula is C15H28N2. The summed E-state index contributed by atoms with van der Waals surface area (Å²) in [4.78, 5) is 2.80. The highest BCUT2D eigenvalue weighted by atomic mass is 15.2. The zero-order valence-electron chi connectivity index (χ0n) is 11.2. The fraction of sp³-hybridized carbons (Fsp3) is 1.00. The topological polar surface area (TPSA) is 15.3 Å². The van der Waals surface area contributed by atoms with E-state index in [0.29, 0.717) is 5.41 Å². The van der Waals surface area contributed by atoms with E-state index in [1.807, 2.05) is 0 Å². The van der Waals surface area contributed by atoms with Gasteiger partial charge in [-0.1, -0.05) is 19.3 Å². The number of hydrogen-bond acceptors (Lipinski definition) is 2. The third-order valence-electron chi connectivity index (χ3n) is 5.31. The van der Waals surface area contributed by atoms with Gasteiger partial charge < -0.3 is 10.2 Å². The molecule has 98 valence electrons. The maximum atomic E-state index is 3.58. The van der Waals surface area contributed by atoms with Gasteiger partial charge in [0.05, 0.1) is 0 Å². The molecule has 1 aliphatic carbocycles. The Bertz CT molecular complexity index is 239. The Hall–Kier alpha value is -0.0800. The molecule has 0 aromatic heterocycles. The molecule has 3 aliphatic rings. The fourth-order valence-corrected chi connectivity index (χ4v) is 4.34. The van der Waals surface area contributed by atoms with Crippen molar-refractivity contribution in [2.24, 2.45) is 11.3 Å². The van der Waals surface area contributed by atoms with Crippen molar-refractivity contribution >= 4 is 0 Å². The van der Waals surface area contributed by atoms with Crippen molar-refractivity contribution in [2.45, 2.75) is 51.4 Å². The predicted molar refractivity (Wildman–Crippen MR) is 72.2 cm³/mol. The number of nitrogens with zero attached hydrogens (tertiary/aromatic N) is 1. The average molecular weight is 236 g/mol. The summed E-state index contributed by atoms with van der Waals surface area (Å²) in [5.41, 5.74) is 0.660. The second kappa shape index (κ2) is 5.27. The van der Waals surface area contributed by atoms with Crippen LogP contribution in [0.5, 0.6) is 0 Å².